The van der Waals surface area contributed by atoms with E-state index >= 15 is 0 Å². The van der Waals surface area contributed by atoms with Crippen molar-refractivity contribution >= 4 is 0 Å². The van der Waals surface area contributed by atoms with E-state index < -0.39 is 0 Å². The van der Waals surface area contributed by atoms with Crippen molar-refractivity contribution in [3.63, 3.8) is 0 Å². The molecule has 0 rings (SSSR count). The normalized spacial score (nSPS) is 11.0. The van der Waals surface area contributed by atoms with Crippen LogP contribution in [0.25, 0.3) is 0 Å². The molecule has 0 aliphatic carbocycles. The summed E-state index contributed by atoms with van der Waals surface area (Å²) >= 11 is 0. The first-order valence-electron chi connectivity index (χ1n) is 7.08. The zero-order valence-corrected chi connectivity index (χ0v) is 11.9. The molecular weight excluding hydrogens is 192 g/mol. The second-order valence-corrected chi connectivity index (χ2v) is 5.58. The summed E-state index contributed by atoms with van der Waals surface area (Å²) in [7, 11) is 0. The SMILES string of the molecule is CCCCCCC#CCCC(C)(C)CCC. The van der Waals surface area contributed by atoms with E-state index in [1.807, 2.05) is 0 Å². The molecule has 94 valence electrons. The fraction of sp³-hybridized carbons (Fsp3) is 0.875. The highest BCUT2D eigenvalue weighted by Crippen LogP contribution is 2.27. The molecule has 0 aromatic carbocycles. The monoisotopic (exact) mass is 222 g/mol. The van der Waals surface area contributed by atoms with Crippen LogP contribution in [-0.2, 0) is 0 Å². The molecule has 0 bridgehead atoms. The summed E-state index contributed by atoms with van der Waals surface area (Å²) in [4.78, 5) is 0. The summed E-state index contributed by atoms with van der Waals surface area (Å²) in [6, 6.07) is 0. The summed E-state index contributed by atoms with van der Waals surface area (Å²) in [5.74, 6) is 6.64. The van der Waals surface area contributed by atoms with Gasteiger partial charge < -0.3 is 0 Å². The fourth-order valence-corrected chi connectivity index (χ4v) is 2.02. The first kappa shape index (κ1) is 15.6. The molecule has 0 saturated carbocycles. The maximum Gasteiger partial charge on any atom is 0.00937 e. The lowest BCUT2D eigenvalue weighted by Gasteiger charge is -2.22. The van der Waals surface area contributed by atoms with Crippen LogP contribution < -0.4 is 0 Å². The Morgan fingerprint density at radius 3 is 2.06 bits per heavy atom. The molecule has 0 N–H and O–H groups in total. The molecule has 0 amide bonds. The number of rotatable bonds is 8. The number of hydrogen-bond acceptors (Lipinski definition) is 0. The number of hydrogen-bond donors (Lipinski definition) is 0. The minimum Gasteiger partial charge on any atom is -0.103 e. The maximum absolute atomic E-state index is 3.33. The van der Waals surface area contributed by atoms with E-state index in [0.29, 0.717) is 5.41 Å². The molecule has 16 heavy (non-hydrogen) atoms. The molecule has 0 aliphatic rings. The predicted octanol–water partition coefficient (Wildman–Crippen LogP) is 5.57. The van der Waals surface area contributed by atoms with E-state index in [0.717, 1.165) is 12.8 Å². The van der Waals surface area contributed by atoms with Crippen molar-refractivity contribution in [1.82, 2.24) is 0 Å². The average molecular weight is 222 g/mol. The maximum atomic E-state index is 3.33. The van der Waals surface area contributed by atoms with Crippen LogP contribution in [0.4, 0.5) is 0 Å². The van der Waals surface area contributed by atoms with Gasteiger partial charge in [-0.15, -0.1) is 11.8 Å². The quantitative estimate of drug-likeness (QED) is 0.372. The Morgan fingerprint density at radius 2 is 1.44 bits per heavy atom. The van der Waals surface area contributed by atoms with Crippen LogP contribution in [-0.4, -0.2) is 0 Å². The summed E-state index contributed by atoms with van der Waals surface area (Å²) < 4.78 is 0. The first-order chi connectivity index (χ1) is 7.62. The molecule has 0 fully saturated rings. The van der Waals surface area contributed by atoms with Crippen LogP contribution >= 0.6 is 0 Å². The molecule has 0 aromatic rings. The highest BCUT2D eigenvalue weighted by atomic mass is 14.2. The van der Waals surface area contributed by atoms with E-state index in [2.05, 4.69) is 39.5 Å². The van der Waals surface area contributed by atoms with Crippen molar-refractivity contribution < 1.29 is 0 Å². The molecule has 0 heteroatoms. The summed E-state index contributed by atoms with van der Waals surface area (Å²) in [5.41, 5.74) is 0.492. The first-order valence-corrected chi connectivity index (χ1v) is 7.08. The van der Waals surface area contributed by atoms with Gasteiger partial charge in [0.25, 0.3) is 0 Å². The van der Waals surface area contributed by atoms with Gasteiger partial charge in [0.1, 0.15) is 0 Å². The molecule has 0 spiro atoms. The van der Waals surface area contributed by atoms with Gasteiger partial charge >= 0.3 is 0 Å². The van der Waals surface area contributed by atoms with Crippen LogP contribution in [0.1, 0.15) is 85.5 Å². The third-order valence-corrected chi connectivity index (χ3v) is 3.13. The van der Waals surface area contributed by atoms with Gasteiger partial charge in [0.15, 0.2) is 0 Å². The Hall–Kier alpha value is -0.440. The van der Waals surface area contributed by atoms with Crippen molar-refractivity contribution in [3.8, 4) is 11.8 Å². The van der Waals surface area contributed by atoms with Crippen molar-refractivity contribution in [1.29, 1.82) is 0 Å². The standard InChI is InChI=1S/C16H30/c1-5-7-8-9-10-11-12-13-15-16(3,4)14-6-2/h5-10,13-15H2,1-4H3. The molecule has 0 radical (unpaired) electrons. The molecule has 0 saturated heterocycles. The molecule has 0 aliphatic heterocycles. The van der Waals surface area contributed by atoms with Gasteiger partial charge in [0.2, 0.25) is 0 Å². The lowest BCUT2D eigenvalue weighted by atomic mass is 9.83. The molecular formula is C16H30. The zero-order valence-electron chi connectivity index (χ0n) is 11.9. The molecule has 0 heterocycles. The van der Waals surface area contributed by atoms with Gasteiger partial charge in [0, 0.05) is 12.8 Å². The van der Waals surface area contributed by atoms with Crippen molar-refractivity contribution in [3.05, 3.63) is 0 Å². The van der Waals surface area contributed by atoms with E-state index in [9.17, 15) is 0 Å². The van der Waals surface area contributed by atoms with Crippen LogP contribution in [0.15, 0.2) is 0 Å². The van der Waals surface area contributed by atoms with Crippen molar-refractivity contribution in [2.45, 2.75) is 85.5 Å². The minimum absolute atomic E-state index is 0.492. The molecule has 0 nitrogen and oxygen atoms in total. The summed E-state index contributed by atoms with van der Waals surface area (Å²) in [5, 5.41) is 0. The van der Waals surface area contributed by atoms with Crippen LogP contribution in [0, 0.1) is 17.3 Å². The van der Waals surface area contributed by atoms with Gasteiger partial charge in [-0.1, -0.05) is 53.4 Å². The third kappa shape index (κ3) is 10.1. The van der Waals surface area contributed by atoms with E-state index in [1.165, 1.54) is 44.9 Å². The molecule has 0 aromatic heterocycles. The van der Waals surface area contributed by atoms with Gasteiger partial charge in [-0.25, -0.2) is 0 Å². The van der Waals surface area contributed by atoms with E-state index in [4.69, 9.17) is 0 Å². The van der Waals surface area contributed by atoms with Gasteiger partial charge in [-0.3, -0.25) is 0 Å². The predicted molar refractivity (Wildman–Crippen MR) is 74.5 cm³/mol. The average Bonchev–Trinajstić information content (AvgIpc) is 2.22. The highest BCUT2D eigenvalue weighted by Gasteiger charge is 2.14. The van der Waals surface area contributed by atoms with Crippen LogP contribution in [0.2, 0.25) is 0 Å². The topological polar surface area (TPSA) is 0 Å². The number of unbranched alkanes of at least 4 members (excludes halogenated alkanes) is 4. The Bertz CT molecular complexity index is 202. The lowest BCUT2D eigenvalue weighted by molar-refractivity contribution is 0.309. The second-order valence-electron chi connectivity index (χ2n) is 5.58. The zero-order chi connectivity index (χ0) is 12.3. The fourth-order valence-electron chi connectivity index (χ4n) is 2.02. The van der Waals surface area contributed by atoms with Gasteiger partial charge in [-0.2, -0.15) is 0 Å². The Labute approximate surface area is 103 Å². The Kier molecular flexibility index (Phi) is 9.49. The van der Waals surface area contributed by atoms with Crippen LogP contribution in [0.5, 0.6) is 0 Å². The van der Waals surface area contributed by atoms with E-state index in [-0.39, 0.29) is 0 Å². The lowest BCUT2D eigenvalue weighted by Crippen LogP contribution is -2.09. The molecule has 0 atom stereocenters. The molecule has 0 unspecified atom stereocenters. The van der Waals surface area contributed by atoms with Crippen molar-refractivity contribution in [2.24, 2.45) is 5.41 Å². The third-order valence-electron chi connectivity index (χ3n) is 3.13. The van der Waals surface area contributed by atoms with Gasteiger partial charge in [0.05, 0.1) is 0 Å². The summed E-state index contributed by atoms with van der Waals surface area (Å²) in [6.07, 6.45) is 11.4. The van der Waals surface area contributed by atoms with Crippen molar-refractivity contribution in [2.75, 3.05) is 0 Å². The largest absolute Gasteiger partial charge is 0.103 e. The second kappa shape index (κ2) is 9.76. The minimum atomic E-state index is 0.492. The highest BCUT2D eigenvalue weighted by molar-refractivity contribution is 4.99. The smallest absolute Gasteiger partial charge is 0.00937 e. The Morgan fingerprint density at radius 1 is 0.750 bits per heavy atom. The summed E-state index contributed by atoms with van der Waals surface area (Å²) in [6.45, 7) is 9.24. The van der Waals surface area contributed by atoms with Crippen LogP contribution in [0.3, 0.4) is 0 Å². The van der Waals surface area contributed by atoms with E-state index in [1.54, 1.807) is 0 Å². The van der Waals surface area contributed by atoms with Gasteiger partial charge in [-0.05, 0) is 24.7 Å². The Balaban J connectivity index is 3.46.